The Labute approximate surface area is 181 Å². The Kier molecular flexibility index (Phi) is 5.07. The van der Waals surface area contributed by atoms with Crippen molar-refractivity contribution in [2.75, 3.05) is 4.90 Å². The fourth-order valence-electron chi connectivity index (χ4n) is 3.37. The molecule has 0 spiro atoms. The molecule has 0 bridgehead atoms. The van der Waals surface area contributed by atoms with Crippen molar-refractivity contribution >= 4 is 34.9 Å². The molecule has 32 heavy (non-hydrogen) atoms. The molecule has 9 nitrogen and oxygen atoms in total. The number of benzene rings is 3. The van der Waals surface area contributed by atoms with E-state index in [0.717, 1.165) is 11.0 Å². The van der Waals surface area contributed by atoms with Crippen molar-refractivity contribution in [3.8, 4) is 5.75 Å². The molecule has 0 atom stereocenters. The standard InChI is InChI=1S/C23H14N2O7/c1-13(26)32-18-8-6-16(7-9-18)24-22(28)19-10-5-15(12-20(19)23(24)29)21(27)14-3-2-4-17(11-14)25(30)31/h2-12H,1H3. The summed E-state index contributed by atoms with van der Waals surface area (Å²) in [6, 6.07) is 15.2. The molecule has 0 N–H and O–H groups in total. The van der Waals surface area contributed by atoms with E-state index in [2.05, 4.69) is 0 Å². The van der Waals surface area contributed by atoms with Gasteiger partial charge in [0.15, 0.2) is 5.78 Å². The average Bonchev–Trinajstić information content (AvgIpc) is 3.03. The zero-order chi connectivity index (χ0) is 23.0. The SMILES string of the molecule is CC(=O)Oc1ccc(N2C(=O)c3ccc(C(=O)c4cccc([N+](=O)[O-])c4)cc3C2=O)cc1. The van der Waals surface area contributed by atoms with Crippen molar-refractivity contribution in [3.05, 3.63) is 99.1 Å². The Bertz CT molecular complexity index is 1310. The van der Waals surface area contributed by atoms with Crippen LogP contribution >= 0.6 is 0 Å². The molecule has 0 saturated carbocycles. The highest BCUT2D eigenvalue weighted by Crippen LogP contribution is 2.31. The minimum atomic E-state index is -0.612. The van der Waals surface area contributed by atoms with Crippen molar-refractivity contribution < 1.29 is 28.8 Å². The number of anilines is 1. The van der Waals surface area contributed by atoms with Crippen LogP contribution in [0.2, 0.25) is 0 Å². The van der Waals surface area contributed by atoms with E-state index in [0.29, 0.717) is 0 Å². The van der Waals surface area contributed by atoms with Crippen LogP contribution in [-0.2, 0) is 4.79 Å². The van der Waals surface area contributed by atoms with Gasteiger partial charge in [0.2, 0.25) is 0 Å². The summed E-state index contributed by atoms with van der Waals surface area (Å²) in [5.41, 5.74) is 0.446. The Morgan fingerprint density at radius 3 is 2.19 bits per heavy atom. The summed E-state index contributed by atoms with van der Waals surface area (Å²) < 4.78 is 4.95. The van der Waals surface area contributed by atoms with E-state index in [1.807, 2.05) is 0 Å². The summed E-state index contributed by atoms with van der Waals surface area (Å²) >= 11 is 0. The summed E-state index contributed by atoms with van der Waals surface area (Å²) in [5.74, 6) is -1.92. The van der Waals surface area contributed by atoms with Gasteiger partial charge in [-0.15, -0.1) is 0 Å². The first-order chi connectivity index (χ1) is 15.3. The lowest BCUT2D eigenvalue weighted by Crippen LogP contribution is -2.29. The van der Waals surface area contributed by atoms with Crippen molar-refractivity contribution in [1.29, 1.82) is 0 Å². The zero-order valence-electron chi connectivity index (χ0n) is 16.6. The fraction of sp³-hybridized carbons (Fsp3) is 0.0435. The number of nitro groups is 1. The number of nitrogens with zero attached hydrogens (tertiary/aromatic N) is 2. The summed E-state index contributed by atoms with van der Waals surface area (Å²) in [6.07, 6.45) is 0. The molecule has 0 aliphatic carbocycles. The van der Waals surface area contributed by atoms with Crippen LogP contribution in [0.5, 0.6) is 5.75 Å². The Balaban J connectivity index is 1.64. The molecule has 0 aromatic heterocycles. The van der Waals surface area contributed by atoms with Gasteiger partial charge >= 0.3 is 5.97 Å². The second-order valence-electron chi connectivity index (χ2n) is 6.93. The van der Waals surface area contributed by atoms with E-state index < -0.39 is 28.5 Å². The second-order valence-corrected chi connectivity index (χ2v) is 6.93. The molecular weight excluding hydrogens is 416 g/mol. The largest absolute Gasteiger partial charge is 0.427 e. The molecule has 1 aliphatic rings. The number of nitro benzene ring substituents is 1. The Morgan fingerprint density at radius 1 is 0.875 bits per heavy atom. The molecule has 9 heteroatoms. The number of hydrogen-bond acceptors (Lipinski definition) is 7. The number of ketones is 1. The fourth-order valence-corrected chi connectivity index (χ4v) is 3.37. The van der Waals surface area contributed by atoms with Gasteiger partial charge in [0.05, 0.1) is 21.7 Å². The van der Waals surface area contributed by atoms with Gasteiger partial charge in [-0.3, -0.25) is 29.3 Å². The van der Waals surface area contributed by atoms with Crippen LogP contribution in [0.4, 0.5) is 11.4 Å². The van der Waals surface area contributed by atoms with Crippen LogP contribution in [0.3, 0.4) is 0 Å². The van der Waals surface area contributed by atoms with Crippen LogP contribution in [-0.4, -0.2) is 28.5 Å². The van der Waals surface area contributed by atoms with Gasteiger partial charge in [0.1, 0.15) is 5.75 Å². The summed E-state index contributed by atoms with van der Waals surface area (Å²) in [4.78, 5) is 60.9. The number of carbonyl (C=O) groups excluding carboxylic acids is 4. The van der Waals surface area contributed by atoms with Gasteiger partial charge in [-0.2, -0.15) is 0 Å². The van der Waals surface area contributed by atoms with Gasteiger partial charge in [0, 0.05) is 30.2 Å². The van der Waals surface area contributed by atoms with Crippen LogP contribution in [0.25, 0.3) is 0 Å². The first kappa shape index (κ1) is 20.6. The average molecular weight is 430 g/mol. The monoisotopic (exact) mass is 430 g/mol. The van der Waals surface area contributed by atoms with Crippen molar-refractivity contribution in [2.24, 2.45) is 0 Å². The third-order valence-electron chi connectivity index (χ3n) is 4.82. The zero-order valence-corrected chi connectivity index (χ0v) is 16.6. The molecule has 0 saturated heterocycles. The van der Waals surface area contributed by atoms with Gasteiger partial charge in [-0.05, 0) is 36.4 Å². The van der Waals surface area contributed by atoms with Gasteiger partial charge in [0.25, 0.3) is 17.5 Å². The minimum Gasteiger partial charge on any atom is -0.427 e. The lowest BCUT2D eigenvalue weighted by atomic mass is 9.99. The highest BCUT2D eigenvalue weighted by Gasteiger charge is 2.37. The molecule has 0 fully saturated rings. The topological polar surface area (TPSA) is 124 Å². The number of fused-ring (bicyclic) bond motifs is 1. The highest BCUT2D eigenvalue weighted by molar-refractivity contribution is 6.34. The smallest absolute Gasteiger partial charge is 0.308 e. The lowest BCUT2D eigenvalue weighted by molar-refractivity contribution is -0.384. The maximum absolute atomic E-state index is 12.9. The van der Waals surface area contributed by atoms with Gasteiger partial charge < -0.3 is 4.74 Å². The van der Waals surface area contributed by atoms with E-state index in [-0.39, 0.29) is 39.4 Å². The second kappa shape index (κ2) is 7.88. The molecule has 3 aromatic rings. The van der Waals surface area contributed by atoms with Gasteiger partial charge in [-0.1, -0.05) is 18.2 Å². The normalized spacial score (nSPS) is 12.5. The molecular formula is C23H14N2O7. The molecule has 3 aromatic carbocycles. The molecule has 2 amide bonds. The molecule has 0 radical (unpaired) electrons. The van der Waals surface area contributed by atoms with Crippen molar-refractivity contribution in [1.82, 2.24) is 0 Å². The number of hydrogen-bond donors (Lipinski definition) is 0. The molecule has 4 rings (SSSR count). The lowest BCUT2D eigenvalue weighted by Gasteiger charge is -2.14. The third kappa shape index (κ3) is 3.63. The predicted molar refractivity (Wildman–Crippen MR) is 112 cm³/mol. The third-order valence-corrected chi connectivity index (χ3v) is 4.82. The van der Waals surface area contributed by atoms with Gasteiger partial charge in [-0.25, -0.2) is 4.90 Å². The number of non-ortho nitro benzene ring substituents is 1. The van der Waals surface area contributed by atoms with Crippen molar-refractivity contribution in [3.63, 3.8) is 0 Å². The number of rotatable bonds is 5. The number of amides is 2. The van der Waals surface area contributed by atoms with Crippen LogP contribution in [0.15, 0.2) is 66.7 Å². The predicted octanol–water partition coefficient (Wildman–Crippen LogP) is 3.55. The summed E-state index contributed by atoms with van der Waals surface area (Å²) in [5, 5.41) is 11.0. The molecule has 0 unspecified atom stereocenters. The number of esters is 1. The molecule has 158 valence electrons. The van der Waals surface area contributed by atoms with Crippen LogP contribution in [0, 0.1) is 10.1 Å². The highest BCUT2D eigenvalue weighted by atomic mass is 16.6. The minimum absolute atomic E-state index is 0.0512. The number of carbonyl (C=O) groups is 4. The maximum Gasteiger partial charge on any atom is 0.308 e. The van der Waals surface area contributed by atoms with E-state index in [4.69, 9.17) is 4.74 Å². The molecule has 1 heterocycles. The Morgan fingerprint density at radius 2 is 1.53 bits per heavy atom. The number of imide groups is 1. The van der Waals surface area contributed by atoms with E-state index in [1.54, 1.807) is 0 Å². The Hall–Kier alpha value is -4.66. The summed E-state index contributed by atoms with van der Waals surface area (Å²) in [7, 11) is 0. The van der Waals surface area contributed by atoms with E-state index >= 15 is 0 Å². The van der Waals surface area contributed by atoms with Crippen LogP contribution in [0.1, 0.15) is 43.6 Å². The maximum atomic E-state index is 12.9. The van der Waals surface area contributed by atoms with Crippen LogP contribution < -0.4 is 9.64 Å². The van der Waals surface area contributed by atoms with Crippen molar-refractivity contribution in [2.45, 2.75) is 6.92 Å². The van der Waals surface area contributed by atoms with E-state index in [9.17, 15) is 29.3 Å². The first-order valence-electron chi connectivity index (χ1n) is 9.37. The van der Waals surface area contributed by atoms with E-state index in [1.165, 1.54) is 67.6 Å². The quantitative estimate of drug-likeness (QED) is 0.151. The molecule has 1 aliphatic heterocycles. The summed E-state index contributed by atoms with van der Waals surface area (Å²) in [6.45, 7) is 1.25. The number of ether oxygens (including phenoxy) is 1. The first-order valence-corrected chi connectivity index (χ1v) is 9.37.